The van der Waals surface area contributed by atoms with Gasteiger partial charge in [0.2, 0.25) is 0 Å². The molecule has 0 aromatic heterocycles. The summed E-state index contributed by atoms with van der Waals surface area (Å²) in [6.45, 7) is 11.8. The summed E-state index contributed by atoms with van der Waals surface area (Å²) in [7, 11) is 0. The maximum Gasteiger partial charge on any atom is 0.302 e. The number of hydrogen-bond donors (Lipinski definition) is 0. The van der Waals surface area contributed by atoms with Crippen LogP contribution in [0.4, 0.5) is 0 Å². The molecule has 0 aromatic rings. The molecule has 2 nitrogen and oxygen atoms in total. The van der Waals surface area contributed by atoms with E-state index in [1.807, 2.05) is 0 Å². The molecule has 12 heavy (non-hydrogen) atoms. The van der Waals surface area contributed by atoms with Crippen LogP contribution in [0, 0.1) is 11.3 Å². The van der Waals surface area contributed by atoms with Gasteiger partial charge < -0.3 is 4.74 Å². The van der Waals surface area contributed by atoms with E-state index < -0.39 is 0 Å². The molecule has 2 heteroatoms. The summed E-state index contributed by atoms with van der Waals surface area (Å²) in [6.07, 6.45) is 0.00926. The second-order valence-corrected chi connectivity index (χ2v) is 4.64. The average Bonchev–Trinajstić information content (AvgIpc) is 1.79. The van der Waals surface area contributed by atoms with E-state index in [4.69, 9.17) is 4.74 Å². The van der Waals surface area contributed by atoms with Gasteiger partial charge in [0.05, 0.1) is 0 Å². The summed E-state index contributed by atoms with van der Waals surface area (Å²) in [6, 6.07) is 0. The molecule has 0 saturated carbocycles. The first-order chi connectivity index (χ1) is 5.25. The Morgan fingerprint density at radius 3 is 1.75 bits per heavy atom. The first-order valence-electron chi connectivity index (χ1n) is 4.42. The Morgan fingerprint density at radius 1 is 1.25 bits per heavy atom. The second-order valence-electron chi connectivity index (χ2n) is 4.64. The van der Waals surface area contributed by atoms with E-state index >= 15 is 0 Å². The molecule has 1 atom stereocenters. The van der Waals surface area contributed by atoms with Crippen molar-refractivity contribution in [1.82, 2.24) is 0 Å². The molecule has 0 saturated heterocycles. The van der Waals surface area contributed by atoms with Gasteiger partial charge in [-0.05, 0) is 11.3 Å². The number of ether oxygens (including phenoxy) is 1. The van der Waals surface area contributed by atoms with Gasteiger partial charge in [-0.2, -0.15) is 0 Å². The van der Waals surface area contributed by atoms with Crippen molar-refractivity contribution >= 4 is 5.97 Å². The van der Waals surface area contributed by atoms with Crippen molar-refractivity contribution in [2.45, 2.75) is 47.6 Å². The minimum atomic E-state index is -0.191. The fraction of sp³-hybridized carbons (Fsp3) is 0.900. The molecule has 1 unspecified atom stereocenters. The lowest BCUT2D eigenvalue weighted by atomic mass is 9.82. The average molecular weight is 172 g/mol. The zero-order valence-corrected chi connectivity index (χ0v) is 8.97. The molecular formula is C10H20O2. The van der Waals surface area contributed by atoms with Crippen molar-refractivity contribution in [3.05, 3.63) is 0 Å². The van der Waals surface area contributed by atoms with Crippen molar-refractivity contribution in [1.29, 1.82) is 0 Å². The SMILES string of the molecule is CC(=O)OC(C(C)C)C(C)(C)C. The van der Waals surface area contributed by atoms with E-state index in [1.54, 1.807) is 0 Å². The van der Waals surface area contributed by atoms with Crippen LogP contribution < -0.4 is 0 Å². The second kappa shape index (κ2) is 3.92. The highest BCUT2D eigenvalue weighted by molar-refractivity contribution is 5.66. The Labute approximate surface area is 75.3 Å². The van der Waals surface area contributed by atoms with Crippen molar-refractivity contribution in [2.24, 2.45) is 11.3 Å². The van der Waals surface area contributed by atoms with Crippen molar-refractivity contribution in [2.75, 3.05) is 0 Å². The summed E-state index contributed by atoms with van der Waals surface area (Å²) >= 11 is 0. The molecule has 0 N–H and O–H groups in total. The fourth-order valence-electron chi connectivity index (χ4n) is 1.49. The van der Waals surface area contributed by atoms with Crippen LogP contribution in [0.2, 0.25) is 0 Å². The summed E-state index contributed by atoms with van der Waals surface area (Å²) in [4.78, 5) is 10.8. The van der Waals surface area contributed by atoms with Gasteiger partial charge in [0, 0.05) is 6.92 Å². The van der Waals surface area contributed by atoms with Gasteiger partial charge >= 0.3 is 5.97 Å². The van der Waals surface area contributed by atoms with Crippen molar-refractivity contribution < 1.29 is 9.53 Å². The zero-order valence-electron chi connectivity index (χ0n) is 8.97. The van der Waals surface area contributed by atoms with Gasteiger partial charge in [0.15, 0.2) is 0 Å². The van der Waals surface area contributed by atoms with Gasteiger partial charge in [-0.25, -0.2) is 0 Å². The summed E-state index contributed by atoms with van der Waals surface area (Å²) in [5.41, 5.74) is 0.0276. The van der Waals surface area contributed by atoms with Crippen molar-refractivity contribution in [3.8, 4) is 0 Å². The maximum absolute atomic E-state index is 10.8. The van der Waals surface area contributed by atoms with Crippen LogP contribution in [0.3, 0.4) is 0 Å². The third kappa shape index (κ3) is 3.74. The van der Waals surface area contributed by atoms with Crippen LogP contribution in [0.25, 0.3) is 0 Å². The number of esters is 1. The third-order valence-corrected chi connectivity index (χ3v) is 1.75. The van der Waals surface area contributed by atoms with Gasteiger partial charge in [-0.15, -0.1) is 0 Å². The number of carbonyl (C=O) groups excluding carboxylic acids is 1. The molecule has 0 aliphatic heterocycles. The van der Waals surface area contributed by atoms with Gasteiger partial charge in [0.25, 0.3) is 0 Å². The normalized spacial score (nSPS) is 14.6. The van der Waals surface area contributed by atoms with Crippen LogP contribution in [0.5, 0.6) is 0 Å². The highest BCUT2D eigenvalue weighted by Crippen LogP contribution is 2.27. The Kier molecular flexibility index (Phi) is 3.75. The lowest BCUT2D eigenvalue weighted by Gasteiger charge is -2.32. The topological polar surface area (TPSA) is 26.3 Å². The number of rotatable bonds is 2. The molecule has 0 aliphatic carbocycles. The molecule has 0 fully saturated rings. The van der Waals surface area contributed by atoms with Gasteiger partial charge in [-0.3, -0.25) is 4.79 Å². The Bertz CT molecular complexity index is 154. The minimum absolute atomic E-state index is 0.00926. The first kappa shape index (κ1) is 11.5. The minimum Gasteiger partial charge on any atom is -0.462 e. The lowest BCUT2D eigenvalue weighted by Crippen LogP contribution is -2.35. The van der Waals surface area contributed by atoms with Crippen LogP contribution in [0.1, 0.15) is 41.5 Å². The highest BCUT2D eigenvalue weighted by atomic mass is 16.5. The molecule has 0 bridgehead atoms. The fourth-order valence-corrected chi connectivity index (χ4v) is 1.49. The zero-order chi connectivity index (χ0) is 9.94. The van der Waals surface area contributed by atoms with E-state index in [1.165, 1.54) is 6.92 Å². The molecule has 0 rings (SSSR count). The van der Waals surface area contributed by atoms with E-state index in [9.17, 15) is 4.79 Å². The summed E-state index contributed by atoms with van der Waals surface area (Å²) in [5, 5.41) is 0. The molecule has 0 heterocycles. The third-order valence-electron chi connectivity index (χ3n) is 1.75. The Hall–Kier alpha value is -0.530. The summed E-state index contributed by atoms with van der Waals surface area (Å²) in [5.74, 6) is 0.178. The molecule has 0 spiro atoms. The van der Waals surface area contributed by atoms with Crippen LogP contribution in [-0.2, 0) is 9.53 Å². The monoisotopic (exact) mass is 172 g/mol. The van der Waals surface area contributed by atoms with E-state index in [2.05, 4.69) is 34.6 Å². The standard InChI is InChI=1S/C10H20O2/c1-7(2)9(10(4,5)6)12-8(3)11/h7,9H,1-6H3. The predicted molar refractivity (Wildman–Crippen MR) is 49.8 cm³/mol. The molecule has 0 amide bonds. The lowest BCUT2D eigenvalue weighted by molar-refractivity contribution is -0.155. The number of hydrogen-bond acceptors (Lipinski definition) is 2. The van der Waals surface area contributed by atoms with Crippen molar-refractivity contribution in [3.63, 3.8) is 0 Å². The Balaban J connectivity index is 4.35. The maximum atomic E-state index is 10.8. The van der Waals surface area contributed by atoms with Crippen LogP contribution in [0.15, 0.2) is 0 Å². The van der Waals surface area contributed by atoms with Crippen LogP contribution in [-0.4, -0.2) is 12.1 Å². The number of carbonyl (C=O) groups is 1. The highest BCUT2D eigenvalue weighted by Gasteiger charge is 2.29. The molecular weight excluding hydrogens is 152 g/mol. The predicted octanol–water partition coefficient (Wildman–Crippen LogP) is 2.62. The first-order valence-corrected chi connectivity index (χ1v) is 4.42. The molecule has 72 valence electrons. The Morgan fingerprint density at radius 2 is 1.67 bits per heavy atom. The summed E-state index contributed by atoms with van der Waals surface area (Å²) < 4.78 is 5.24. The van der Waals surface area contributed by atoms with E-state index in [0.717, 1.165) is 0 Å². The van der Waals surface area contributed by atoms with E-state index in [0.29, 0.717) is 5.92 Å². The molecule has 0 aliphatic rings. The largest absolute Gasteiger partial charge is 0.462 e. The smallest absolute Gasteiger partial charge is 0.302 e. The quantitative estimate of drug-likeness (QED) is 0.598. The molecule has 0 radical (unpaired) electrons. The van der Waals surface area contributed by atoms with E-state index in [-0.39, 0.29) is 17.5 Å². The van der Waals surface area contributed by atoms with Crippen LogP contribution >= 0.6 is 0 Å². The van der Waals surface area contributed by atoms with Gasteiger partial charge in [-0.1, -0.05) is 34.6 Å². The van der Waals surface area contributed by atoms with Gasteiger partial charge in [0.1, 0.15) is 6.10 Å². The molecule has 0 aromatic carbocycles.